The maximum Gasteiger partial charge on any atom is 0.227 e. The molecule has 0 bridgehead atoms. The Balaban J connectivity index is 2.13. The highest BCUT2D eigenvalue weighted by molar-refractivity contribution is 7.88. The molecule has 1 aromatic carbocycles. The average molecular weight is 311 g/mol. The Morgan fingerprint density at radius 1 is 1.48 bits per heavy atom. The van der Waals surface area contributed by atoms with Crippen molar-refractivity contribution in [1.29, 1.82) is 0 Å². The van der Waals surface area contributed by atoms with Crippen LogP contribution in [0.15, 0.2) is 24.3 Å². The number of nitrogen functional groups attached to an aromatic ring is 1. The monoisotopic (exact) mass is 311 g/mol. The third kappa shape index (κ3) is 3.36. The fourth-order valence-electron chi connectivity index (χ4n) is 2.63. The Morgan fingerprint density at radius 3 is 2.81 bits per heavy atom. The van der Waals surface area contributed by atoms with Gasteiger partial charge in [0.25, 0.3) is 0 Å². The van der Waals surface area contributed by atoms with E-state index in [1.54, 1.807) is 38.2 Å². The van der Waals surface area contributed by atoms with E-state index in [0.29, 0.717) is 24.2 Å². The van der Waals surface area contributed by atoms with Crippen LogP contribution in [0, 0.1) is 5.41 Å². The Kier molecular flexibility index (Phi) is 4.25. The number of carbonyl (C=O) groups is 1. The lowest BCUT2D eigenvalue weighted by Gasteiger charge is -2.22. The molecule has 1 atom stereocenters. The van der Waals surface area contributed by atoms with Crippen LogP contribution in [0.1, 0.15) is 18.9 Å². The van der Waals surface area contributed by atoms with Gasteiger partial charge < -0.3 is 11.1 Å². The van der Waals surface area contributed by atoms with Gasteiger partial charge in [0.05, 0.1) is 11.2 Å². The molecule has 1 aliphatic heterocycles. The van der Waals surface area contributed by atoms with Crippen molar-refractivity contribution in [2.24, 2.45) is 5.41 Å². The van der Waals surface area contributed by atoms with Gasteiger partial charge >= 0.3 is 0 Å². The van der Waals surface area contributed by atoms with E-state index in [1.165, 1.54) is 4.31 Å². The van der Waals surface area contributed by atoms with E-state index < -0.39 is 15.4 Å². The van der Waals surface area contributed by atoms with Gasteiger partial charge in [-0.15, -0.1) is 0 Å². The second kappa shape index (κ2) is 5.65. The molecule has 6 nitrogen and oxygen atoms in total. The molecular weight excluding hydrogens is 290 g/mol. The summed E-state index contributed by atoms with van der Waals surface area (Å²) >= 11 is 0. The van der Waals surface area contributed by atoms with Gasteiger partial charge in [-0.05, 0) is 31.0 Å². The van der Waals surface area contributed by atoms with E-state index in [4.69, 9.17) is 5.73 Å². The normalized spacial score (nSPS) is 23.1. The molecule has 1 aromatic rings. The van der Waals surface area contributed by atoms with Gasteiger partial charge in [0.15, 0.2) is 0 Å². The van der Waals surface area contributed by atoms with Crippen molar-refractivity contribution in [1.82, 2.24) is 9.62 Å². The summed E-state index contributed by atoms with van der Waals surface area (Å²) in [5, 5.41) is 2.60. The lowest BCUT2D eigenvalue weighted by Crippen LogP contribution is -2.40. The molecular formula is C14H21N3O3S. The Labute approximate surface area is 125 Å². The summed E-state index contributed by atoms with van der Waals surface area (Å²) in [5.74, 6) is -0.217. The first-order chi connectivity index (χ1) is 9.77. The van der Waals surface area contributed by atoms with Crippen LogP contribution < -0.4 is 11.1 Å². The van der Waals surface area contributed by atoms with Crippen LogP contribution in [0.4, 0.5) is 5.69 Å². The lowest BCUT2D eigenvalue weighted by atomic mass is 9.89. The zero-order valence-electron chi connectivity index (χ0n) is 12.3. The minimum atomic E-state index is -3.44. The van der Waals surface area contributed by atoms with Crippen LogP contribution in [0.5, 0.6) is 0 Å². The topological polar surface area (TPSA) is 92.5 Å². The standard InChI is InChI=1S/C14H21N3O3S/c1-14(13(18)16-2)6-7-17(10-14)21(19,20)9-11-4-3-5-12(15)8-11/h3-5,8H,6-7,9-10,15H2,1-2H3,(H,16,18). The number of nitrogens with two attached hydrogens (primary N) is 1. The van der Waals surface area contributed by atoms with Crippen LogP contribution in [0.2, 0.25) is 0 Å². The second-order valence-electron chi connectivity index (χ2n) is 5.72. The fourth-order valence-corrected chi connectivity index (χ4v) is 4.26. The zero-order valence-corrected chi connectivity index (χ0v) is 13.1. The Bertz CT molecular complexity index is 645. The molecule has 1 aliphatic rings. The van der Waals surface area contributed by atoms with Crippen LogP contribution in [-0.2, 0) is 20.6 Å². The molecule has 1 heterocycles. The zero-order chi connectivity index (χ0) is 15.7. The molecule has 21 heavy (non-hydrogen) atoms. The maximum absolute atomic E-state index is 12.5. The molecule has 1 unspecified atom stereocenters. The van der Waals surface area contributed by atoms with Crippen LogP contribution in [0.3, 0.4) is 0 Å². The first-order valence-electron chi connectivity index (χ1n) is 6.81. The van der Waals surface area contributed by atoms with Crippen molar-refractivity contribution in [2.45, 2.75) is 19.1 Å². The number of nitrogens with zero attached hydrogens (tertiary/aromatic N) is 1. The van der Waals surface area contributed by atoms with Crippen LogP contribution in [-0.4, -0.2) is 38.8 Å². The summed E-state index contributed by atoms with van der Waals surface area (Å²) in [6, 6.07) is 6.85. The predicted octanol–water partition coefficient (Wildman–Crippen LogP) is 0.557. The largest absolute Gasteiger partial charge is 0.399 e. The van der Waals surface area contributed by atoms with Crippen molar-refractivity contribution in [2.75, 3.05) is 25.9 Å². The summed E-state index contributed by atoms with van der Waals surface area (Å²) in [6.07, 6.45) is 0.531. The van der Waals surface area contributed by atoms with Crippen LogP contribution in [0.25, 0.3) is 0 Å². The van der Waals surface area contributed by atoms with Gasteiger partial charge in [0.1, 0.15) is 0 Å². The minimum Gasteiger partial charge on any atom is -0.399 e. The number of carbonyl (C=O) groups excluding carboxylic acids is 1. The number of amides is 1. The highest BCUT2D eigenvalue weighted by Gasteiger charge is 2.43. The average Bonchev–Trinajstić information content (AvgIpc) is 2.82. The van der Waals surface area contributed by atoms with Gasteiger partial charge in [-0.1, -0.05) is 12.1 Å². The summed E-state index contributed by atoms with van der Waals surface area (Å²) in [7, 11) is -1.88. The van der Waals surface area contributed by atoms with Crippen LogP contribution >= 0.6 is 0 Å². The molecule has 3 N–H and O–H groups in total. The van der Waals surface area contributed by atoms with Gasteiger partial charge in [-0.25, -0.2) is 12.7 Å². The summed E-state index contributed by atoms with van der Waals surface area (Å²) < 4.78 is 26.3. The van der Waals surface area contributed by atoms with Gasteiger partial charge in [0.2, 0.25) is 15.9 Å². The smallest absolute Gasteiger partial charge is 0.227 e. The third-order valence-corrected chi connectivity index (χ3v) is 5.70. The number of sulfonamides is 1. The molecule has 1 fully saturated rings. The molecule has 0 saturated carbocycles. The molecule has 0 aliphatic carbocycles. The first-order valence-corrected chi connectivity index (χ1v) is 8.42. The summed E-state index contributed by atoms with van der Waals surface area (Å²) in [6.45, 7) is 2.38. The van der Waals surface area contributed by atoms with E-state index in [0.717, 1.165) is 0 Å². The van der Waals surface area contributed by atoms with Crippen molar-refractivity contribution >= 4 is 21.6 Å². The highest BCUT2D eigenvalue weighted by atomic mass is 32.2. The third-order valence-electron chi connectivity index (χ3n) is 3.91. The van der Waals surface area contributed by atoms with Gasteiger partial charge in [-0.2, -0.15) is 0 Å². The molecule has 1 saturated heterocycles. The summed E-state index contributed by atoms with van der Waals surface area (Å²) in [5.41, 5.74) is 6.21. The summed E-state index contributed by atoms with van der Waals surface area (Å²) in [4.78, 5) is 11.9. The minimum absolute atomic E-state index is 0.0954. The number of anilines is 1. The van der Waals surface area contributed by atoms with Gasteiger partial charge in [-0.3, -0.25) is 4.79 Å². The van der Waals surface area contributed by atoms with E-state index >= 15 is 0 Å². The first kappa shape index (κ1) is 15.8. The van der Waals surface area contributed by atoms with Crippen molar-refractivity contribution in [3.05, 3.63) is 29.8 Å². The van der Waals surface area contributed by atoms with E-state index in [-0.39, 0.29) is 18.2 Å². The lowest BCUT2D eigenvalue weighted by molar-refractivity contribution is -0.128. The quantitative estimate of drug-likeness (QED) is 0.795. The van der Waals surface area contributed by atoms with Crippen molar-refractivity contribution in [3.63, 3.8) is 0 Å². The number of benzene rings is 1. The van der Waals surface area contributed by atoms with Crippen molar-refractivity contribution < 1.29 is 13.2 Å². The van der Waals surface area contributed by atoms with E-state index in [1.807, 2.05) is 0 Å². The number of rotatable bonds is 4. The molecule has 0 spiro atoms. The predicted molar refractivity (Wildman–Crippen MR) is 81.8 cm³/mol. The van der Waals surface area contributed by atoms with E-state index in [2.05, 4.69) is 5.32 Å². The molecule has 0 radical (unpaired) electrons. The second-order valence-corrected chi connectivity index (χ2v) is 7.69. The molecule has 116 valence electrons. The molecule has 2 rings (SSSR count). The fraction of sp³-hybridized carbons (Fsp3) is 0.500. The van der Waals surface area contributed by atoms with Gasteiger partial charge in [0, 0.05) is 25.8 Å². The Morgan fingerprint density at radius 2 is 2.19 bits per heavy atom. The van der Waals surface area contributed by atoms with Crippen molar-refractivity contribution in [3.8, 4) is 0 Å². The number of nitrogens with one attached hydrogen (secondary N) is 1. The van der Waals surface area contributed by atoms with E-state index in [9.17, 15) is 13.2 Å². The molecule has 1 amide bonds. The molecule has 0 aromatic heterocycles. The maximum atomic E-state index is 12.5. The SMILES string of the molecule is CNC(=O)C1(C)CCN(S(=O)(=O)Cc2cccc(N)c2)C1. The number of hydrogen-bond donors (Lipinski definition) is 2. The number of hydrogen-bond acceptors (Lipinski definition) is 4. The molecule has 7 heteroatoms. The highest BCUT2D eigenvalue weighted by Crippen LogP contribution is 2.32. The Hall–Kier alpha value is -1.60.